The van der Waals surface area contributed by atoms with E-state index in [9.17, 15) is 28.2 Å². The second-order valence-corrected chi connectivity index (χ2v) is 15.4. The topological polar surface area (TPSA) is 285 Å². The van der Waals surface area contributed by atoms with Crippen molar-refractivity contribution in [3.05, 3.63) is 40.4 Å². The molecule has 5 rings (SSSR count). The van der Waals surface area contributed by atoms with Crippen molar-refractivity contribution < 1.29 is 46.6 Å². The first kappa shape index (κ1) is 37.3. The van der Waals surface area contributed by atoms with Gasteiger partial charge in [-0.05, 0) is 83.1 Å². The molecule has 2 aliphatic heterocycles. The van der Waals surface area contributed by atoms with Crippen LogP contribution in [0, 0.1) is 5.41 Å². The number of aliphatic hydroxyl groups excluding tert-OH is 1. The van der Waals surface area contributed by atoms with Gasteiger partial charge in [0.1, 0.15) is 29.4 Å². The van der Waals surface area contributed by atoms with Crippen LogP contribution in [0.4, 0.5) is 5.13 Å². The SMILES string of the molecule is CC1(C)[C@H](NC(=O)/C(=N\O[C@](C)(CO)[C@H]2CCc3cc(C(=N)N[C@H]4CC[C@@](O)(CN)CC4)ccc3O2)c2csc(N)n2)C(=O)N1OS(=O)(=O)O. The molecular formula is C30H42N8O10S2. The minimum absolute atomic E-state index is 0.0164. The summed E-state index contributed by atoms with van der Waals surface area (Å²) >= 11 is 1.02. The average Bonchev–Trinajstić information content (AvgIpc) is 3.51. The van der Waals surface area contributed by atoms with Gasteiger partial charge in [0.25, 0.3) is 11.8 Å². The maximum Gasteiger partial charge on any atom is 0.418 e. The number of anilines is 1. The molecular weight excluding hydrogens is 697 g/mol. The molecule has 3 atom stereocenters. The second kappa shape index (κ2) is 14.0. The van der Waals surface area contributed by atoms with Crippen LogP contribution in [0.2, 0.25) is 0 Å². The van der Waals surface area contributed by atoms with Gasteiger partial charge >= 0.3 is 10.4 Å². The molecule has 0 radical (unpaired) electrons. The van der Waals surface area contributed by atoms with Crippen LogP contribution >= 0.6 is 11.3 Å². The number of amidine groups is 1. The van der Waals surface area contributed by atoms with Crippen molar-refractivity contribution in [2.75, 3.05) is 18.9 Å². The Bertz CT molecular complexity index is 1780. The first-order chi connectivity index (χ1) is 23.4. The molecule has 3 heterocycles. The third-order valence-electron chi connectivity index (χ3n) is 9.38. The molecule has 2 aromatic rings. The highest BCUT2D eigenvalue weighted by Gasteiger charge is 2.58. The van der Waals surface area contributed by atoms with Crippen LogP contribution in [-0.2, 0) is 35.5 Å². The Morgan fingerprint density at radius 3 is 2.56 bits per heavy atom. The third kappa shape index (κ3) is 7.85. The molecule has 0 unspecified atom stereocenters. The van der Waals surface area contributed by atoms with E-state index in [1.54, 1.807) is 19.1 Å². The average molecular weight is 739 g/mol. The lowest BCUT2D eigenvalue weighted by molar-refractivity contribution is -0.218. The van der Waals surface area contributed by atoms with Crippen molar-refractivity contribution in [2.24, 2.45) is 10.9 Å². The van der Waals surface area contributed by atoms with Gasteiger partial charge in [0, 0.05) is 23.5 Å². The lowest BCUT2D eigenvalue weighted by Crippen LogP contribution is -2.76. The number of aryl methyl sites for hydroxylation is 1. The molecule has 10 N–H and O–H groups in total. The molecule has 1 saturated carbocycles. The number of nitrogen functional groups attached to an aromatic ring is 1. The van der Waals surface area contributed by atoms with Crippen LogP contribution in [0.1, 0.15) is 69.7 Å². The van der Waals surface area contributed by atoms with Gasteiger partial charge in [0.15, 0.2) is 16.4 Å². The van der Waals surface area contributed by atoms with Gasteiger partial charge < -0.3 is 41.9 Å². The smallest absolute Gasteiger partial charge is 0.418 e. The summed E-state index contributed by atoms with van der Waals surface area (Å²) in [7, 11) is -5.00. The molecule has 1 saturated heterocycles. The minimum atomic E-state index is -5.00. The van der Waals surface area contributed by atoms with Gasteiger partial charge in [-0.15, -0.1) is 15.6 Å². The Morgan fingerprint density at radius 1 is 1.28 bits per heavy atom. The molecule has 1 aromatic heterocycles. The highest BCUT2D eigenvalue weighted by Crippen LogP contribution is 2.35. The van der Waals surface area contributed by atoms with Crippen LogP contribution in [0.25, 0.3) is 0 Å². The highest BCUT2D eigenvalue weighted by atomic mass is 32.3. The van der Waals surface area contributed by atoms with Crippen molar-refractivity contribution in [1.82, 2.24) is 20.7 Å². The summed E-state index contributed by atoms with van der Waals surface area (Å²) in [6.07, 6.45) is 2.74. The predicted octanol–water partition coefficient (Wildman–Crippen LogP) is -0.0218. The molecule has 50 heavy (non-hydrogen) atoms. The Hall–Kier alpha value is -3.92. The Morgan fingerprint density at radius 2 is 1.98 bits per heavy atom. The number of carbonyl (C=O) groups is 2. The zero-order chi connectivity index (χ0) is 36.6. The number of nitrogens with zero attached hydrogens (tertiary/aromatic N) is 3. The van der Waals surface area contributed by atoms with E-state index < -0.39 is 57.7 Å². The number of fused-ring (bicyclic) bond motifs is 1. The molecule has 20 heteroatoms. The van der Waals surface area contributed by atoms with Crippen molar-refractivity contribution in [1.29, 1.82) is 5.41 Å². The standard InChI is InChI=1S/C30H42N8O10S2/c1-28(2)23(26(41)38(28)48-50(43,44)45)36-25(40)22(19-13-49-27(33)35-19)37-47-29(3,15-39)21-7-5-16-12-17(4-6-20(16)46-21)24(32)34-18-8-10-30(42,14-31)11-9-18/h4,6,12-13,18,21,23,39,42H,5,7-11,14-15,31H2,1-3H3,(H2,32,34)(H2,33,35)(H,36,40)(H,43,44,45)/b37-22-/t18-,21-,23-,29-,30-/m1/s1. The number of hydrogen-bond donors (Lipinski definition) is 8. The van der Waals surface area contributed by atoms with Gasteiger partial charge in [0.05, 0.1) is 17.7 Å². The monoisotopic (exact) mass is 738 g/mol. The predicted molar refractivity (Wildman–Crippen MR) is 181 cm³/mol. The molecule has 18 nitrogen and oxygen atoms in total. The van der Waals surface area contributed by atoms with E-state index in [0.29, 0.717) is 54.9 Å². The Labute approximate surface area is 292 Å². The van der Waals surface area contributed by atoms with Gasteiger partial charge in [-0.25, -0.2) is 4.98 Å². The van der Waals surface area contributed by atoms with E-state index in [1.165, 1.54) is 19.2 Å². The molecule has 1 aliphatic carbocycles. The first-order valence-electron chi connectivity index (χ1n) is 15.9. The lowest BCUT2D eigenvalue weighted by Gasteiger charge is -2.50. The summed E-state index contributed by atoms with van der Waals surface area (Å²) in [5.74, 6) is -1.08. The van der Waals surface area contributed by atoms with Crippen LogP contribution in [0.5, 0.6) is 5.75 Å². The number of ether oxygens (including phenoxy) is 1. The van der Waals surface area contributed by atoms with Gasteiger partial charge in [0.2, 0.25) is 0 Å². The number of β-lactam (4-membered cyclic amide) rings is 1. The zero-order valence-corrected chi connectivity index (χ0v) is 29.3. The summed E-state index contributed by atoms with van der Waals surface area (Å²) in [6, 6.07) is 4.14. The number of nitrogens with one attached hydrogen (secondary N) is 3. The second-order valence-electron chi connectivity index (χ2n) is 13.5. The van der Waals surface area contributed by atoms with E-state index in [0.717, 1.165) is 16.9 Å². The van der Waals surface area contributed by atoms with Crippen LogP contribution < -0.4 is 26.8 Å². The number of carbonyl (C=O) groups excluding carboxylic acids is 2. The number of amides is 2. The van der Waals surface area contributed by atoms with Gasteiger partial charge in [-0.3, -0.25) is 19.6 Å². The number of rotatable bonds is 12. The number of aliphatic hydroxyl groups is 2. The van der Waals surface area contributed by atoms with Gasteiger partial charge in [-0.2, -0.15) is 13.5 Å². The number of nitrogens with two attached hydrogens (primary N) is 2. The Kier molecular flexibility index (Phi) is 10.5. The van der Waals surface area contributed by atoms with Crippen molar-refractivity contribution >= 4 is 50.2 Å². The minimum Gasteiger partial charge on any atom is -0.486 e. The summed E-state index contributed by atoms with van der Waals surface area (Å²) in [6.45, 7) is 4.02. The molecule has 3 aliphatic rings. The number of aromatic nitrogens is 1. The molecule has 1 aromatic carbocycles. The van der Waals surface area contributed by atoms with Gasteiger partial charge in [-0.1, -0.05) is 5.16 Å². The fourth-order valence-corrected chi connectivity index (χ4v) is 7.13. The third-order valence-corrected chi connectivity index (χ3v) is 10.4. The number of benzene rings is 1. The zero-order valence-electron chi connectivity index (χ0n) is 27.7. The van der Waals surface area contributed by atoms with Crippen molar-refractivity contribution in [3.8, 4) is 5.75 Å². The van der Waals surface area contributed by atoms with E-state index in [4.69, 9.17) is 31.0 Å². The van der Waals surface area contributed by atoms with E-state index >= 15 is 0 Å². The van der Waals surface area contributed by atoms with E-state index in [1.807, 2.05) is 6.07 Å². The molecule has 2 fully saturated rings. The normalized spacial score (nSPS) is 26.1. The summed E-state index contributed by atoms with van der Waals surface area (Å²) in [5, 5.41) is 41.2. The Balaban J connectivity index is 1.27. The largest absolute Gasteiger partial charge is 0.486 e. The van der Waals surface area contributed by atoms with Crippen LogP contribution in [0.3, 0.4) is 0 Å². The maximum absolute atomic E-state index is 13.5. The van der Waals surface area contributed by atoms with E-state index in [2.05, 4.69) is 25.1 Å². The molecule has 2 amide bonds. The number of thiazole rings is 1. The molecule has 274 valence electrons. The van der Waals surface area contributed by atoms with Crippen LogP contribution in [0.15, 0.2) is 28.7 Å². The first-order valence-corrected chi connectivity index (χ1v) is 18.1. The number of hydrogen-bond acceptors (Lipinski definition) is 15. The fraction of sp³-hybridized carbons (Fsp3) is 0.567. The summed E-state index contributed by atoms with van der Waals surface area (Å²) < 4.78 is 41.9. The summed E-state index contributed by atoms with van der Waals surface area (Å²) in [4.78, 5) is 36.0. The van der Waals surface area contributed by atoms with Crippen LogP contribution in [-0.4, -0.2) is 105 Å². The lowest BCUT2D eigenvalue weighted by atomic mass is 9.82. The number of hydroxylamine groups is 2. The number of oxime groups is 1. The molecule has 0 bridgehead atoms. The van der Waals surface area contributed by atoms with Crippen molar-refractivity contribution in [3.63, 3.8) is 0 Å². The quantitative estimate of drug-likeness (QED) is 0.0467. The molecule has 0 spiro atoms. The fourth-order valence-electron chi connectivity index (χ4n) is 6.12. The summed E-state index contributed by atoms with van der Waals surface area (Å²) in [5.41, 5.74) is 8.96. The maximum atomic E-state index is 13.5. The van der Waals surface area contributed by atoms with Crippen molar-refractivity contribution in [2.45, 2.75) is 94.2 Å². The van der Waals surface area contributed by atoms with E-state index in [-0.39, 0.29) is 35.0 Å². The highest BCUT2D eigenvalue weighted by molar-refractivity contribution is 7.80.